The maximum absolute atomic E-state index is 12.8. The number of halogens is 3. The molecule has 0 aliphatic heterocycles. The van der Waals surface area contributed by atoms with Gasteiger partial charge in [0.05, 0.1) is 18.1 Å². The molecule has 10 heteroatoms. The summed E-state index contributed by atoms with van der Waals surface area (Å²) in [5.74, 6) is -0.581. The number of imidazole rings is 1. The van der Waals surface area contributed by atoms with Gasteiger partial charge in [-0.3, -0.25) is 9.89 Å². The number of anilines is 1. The van der Waals surface area contributed by atoms with Gasteiger partial charge in [0.25, 0.3) is 5.91 Å². The Hall–Kier alpha value is -3.04. The number of carbonyl (C=O) groups is 1. The van der Waals surface area contributed by atoms with Gasteiger partial charge in [0.2, 0.25) is 0 Å². The van der Waals surface area contributed by atoms with Crippen molar-refractivity contribution >= 4 is 11.6 Å². The summed E-state index contributed by atoms with van der Waals surface area (Å²) in [6.07, 6.45) is -1.98. The maximum atomic E-state index is 12.8. The van der Waals surface area contributed by atoms with Crippen LogP contribution >= 0.6 is 0 Å². The summed E-state index contributed by atoms with van der Waals surface area (Å²) in [6, 6.07) is 2.99. The van der Waals surface area contributed by atoms with Crippen molar-refractivity contribution in [3.05, 3.63) is 41.7 Å². The third kappa shape index (κ3) is 2.82. The highest BCUT2D eigenvalue weighted by atomic mass is 19.4. The van der Waals surface area contributed by atoms with Crippen molar-refractivity contribution in [3.8, 4) is 11.5 Å². The van der Waals surface area contributed by atoms with Crippen molar-refractivity contribution in [1.29, 1.82) is 0 Å². The van der Waals surface area contributed by atoms with E-state index in [9.17, 15) is 18.0 Å². The normalized spacial score (nSPS) is 11.7. The summed E-state index contributed by atoms with van der Waals surface area (Å²) in [5, 5.41) is 8.72. The molecule has 0 radical (unpaired) electrons. The van der Waals surface area contributed by atoms with Crippen LogP contribution in [0, 0.1) is 6.92 Å². The van der Waals surface area contributed by atoms with Gasteiger partial charge in [0.1, 0.15) is 5.69 Å². The van der Waals surface area contributed by atoms with Crippen molar-refractivity contribution in [2.45, 2.75) is 13.1 Å². The summed E-state index contributed by atoms with van der Waals surface area (Å²) in [7, 11) is 0. The molecule has 3 rings (SSSR count). The number of amides is 1. The van der Waals surface area contributed by atoms with Crippen molar-refractivity contribution in [3.63, 3.8) is 0 Å². The van der Waals surface area contributed by atoms with E-state index in [4.69, 9.17) is 4.42 Å². The van der Waals surface area contributed by atoms with Gasteiger partial charge in [-0.15, -0.1) is 0 Å². The zero-order valence-electron chi connectivity index (χ0n) is 11.7. The SMILES string of the molecule is Cc1[nH]c(-c2[nH]ncc2NC(=O)c2ccco2)nc1C(F)(F)F. The molecule has 0 aliphatic rings. The van der Waals surface area contributed by atoms with Crippen molar-refractivity contribution in [1.82, 2.24) is 20.2 Å². The highest BCUT2D eigenvalue weighted by molar-refractivity contribution is 6.03. The number of alkyl halides is 3. The van der Waals surface area contributed by atoms with E-state index in [2.05, 4.69) is 25.5 Å². The van der Waals surface area contributed by atoms with Crippen LogP contribution in [0.1, 0.15) is 21.9 Å². The van der Waals surface area contributed by atoms with Gasteiger partial charge in [-0.25, -0.2) is 4.98 Å². The van der Waals surface area contributed by atoms with E-state index >= 15 is 0 Å². The minimum absolute atomic E-state index is 0.0590. The fourth-order valence-corrected chi connectivity index (χ4v) is 2.01. The molecule has 0 fully saturated rings. The third-order valence-corrected chi connectivity index (χ3v) is 3.02. The quantitative estimate of drug-likeness (QED) is 0.689. The zero-order valence-corrected chi connectivity index (χ0v) is 11.7. The summed E-state index contributed by atoms with van der Waals surface area (Å²) < 4.78 is 43.4. The molecular weight excluding hydrogens is 315 g/mol. The minimum atomic E-state index is -4.57. The van der Waals surface area contributed by atoms with Gasteiger partial charge in [-0.1, -0.05) is 0 Å². The maximum Gasteiger partial charge on any atom is 0.435 e. The second-order valence-electron chi connectivity index (χ2n) is 4.65. The Morgan fingerprint density at radius 1 is 1.39 bits per heavy atom. The Labute approximate surface area is 126 Å². The molecule has 120 valence electrons. The van der Waals surface area contributed by atoms with Crippen molar-refractivity contribution < 1.29 is 22.4 Å². The van der Waals surface area contributed by atoms with Crippen LogP contribution in [-0.2, 0) is 6.18 Å². The van der Waals surface area contributed by atoms with Gasteiger partial charge in [-0.2, -0.15) is 18.3 Å². The molecule has 0 aromatic carbocycles. The lowest BCUT2D eigenvalue weighted by Gasteiger charge is -2.02. The fraction of sp³-hybridized carbons (Fsp3) is 0.154. The number of carbonyl (C=O) groups excluding carboxylic acids is 1. The first-order valence-corrected chi connectivity index (χ1v) is 6.38. The molecule has 3 N–H and O–H groups in total. The van der Waals surface area contributed by atoms with Crippen molar-refractivity contribution in [2.24, 2.45) is 0 Å². The standard InChI is InChI=1S/C13H10F3N5O2/c1-6-10(13(14,15)16)20-11(18-6)9-7(5-17-21-9)19-12(22)8-3-2-4-23-8/h2-5H,1H3,(H,17,21)(H,18,20)(H,19,22). The molecule has 0 atom stereocenters. The van der Waals surface area contributed by atoms with E-state index in [-0.39, 0.29) is 28.7 Å². The van der Waals surface area contributed by atoms with Crippen LogP contribution < -0.4 is 5.32 Å². The highest BCUT2D eigenvalue weighted by Gasteiger charge is 2.36. The second kappa shape index (κ2) is 5.30. The molecule has 0 unspecified atom stereocenters. The molecule has 3 aromatic heterocycles. The van der Waals surface area contributed by atoms with E-state index in [0.29, 0.717) is 0 Å². The lowest BCUT2D eigenvalue weighted by molar-refractivity contribution is -0.141. The van der Waals surface area contributed by atoms with Crippen LogP contribution in [-0.4, -0.2) is 26.1 Å². The number of nitrogens with zero attached hydrogens (tertiary/aromatic N) is 2. The highest BCUT2D eigenvalue weighted by Crippen LogP contribution is 2.33. The average Bonchev–Trinajstić information content (AvgIpc) is 3.15. The fourth-order valence-electron chi connectivity index (χ4n) is 2.01. The van der Waals surface area contributed by atoms with Crippen LogP contribution in [0.25, 0.3) is 11.5 Å². The predicted molar refractivity (Wildman–Crippen MR) is 72.6 cm³/mol. The Morgan fingerprint density at radius 3 is 2.78 bits per heavy atom. The minimum Gasteiger partial charge on any atom is -0.459 e. The Morgan fingerprint density at radius 2 is 2.17 bits per heavy atom. The van der Waals surface area contributed by atoms with Crippen molar-refractivity contribution in [2.75, 3.05) is 5.32 Å². The van der Waals surface area contributed by atoms with Crippen LogP contribution in [0.5, 0.6) is 0 Å². The summed E-state index contributed by atoms with van der Waals surface area (Å²) in [6.45, 7) is 1.26. The lowest BCUT2D eigenvalue weighted by Crippen LogP contribution is -2.11. The number of hydrogen-bond donors (Lipinski definition) is 3. The van der Waals surface area contributed by atoms with Gasteiger partial charge in [0, 0.05) is 5.69 Å². The van der Waals surface area contributed by atoms with E-state index in [1.165, 1.54) is 31.5 Å². The number of aromatic nitrogens is 4. The first-order chi connectivity index (χ1) is 10.9. The van der Waals surface area contributed by atoms with Crippen LogP contribution in [0.15, 0.2) is 29.0 Å². The predicted octanol–water partition coefficient (Wildman–Crippen LogP) is 2.97. The Bertz CT molecular complexity index is 832. The number of aromatic amines is 2. The zero-order chi connectivity index (χ0) is 16.6. The van der Waals surface area contributed by atoms with E-state index in [0.717, 1.165) is 0 Å². The summed E-state index contributed by atoms with van der Waals surface area (Å²) in [5.41, 5.74) is -0.854. The van der Waals surface area contributed by atoms with Gasteiger partial charge >= 0.3 is 6.18 Å². The molecule has 3 aromatic rings. The molecule has 23 heavy (non-hydrogen) atoms. The molecule has 1 amide bonds. The number of H-pyrrole nitrogens is 2. The monoisotopic (exact) mass is 325 g/mol. The molecule has 0 spiro atoms. The molecule has 0 bridgehead atoms. The molecule has 0 saturated heterocycles. The smallest absolute Gasteiger partial charge is 0.435 e. The number of hydrogen-bond acceptors (Lipinski definition) is 4. The molecule has 3 heterocycles. The first-order valence-electron chi connectivity index (χ1n) is 6.38. The molecular formula is C13H10F3N5O2. The van der Waals surface area contributed by atoms with Crippen LogP contribution in [0.3, 0.4) is 0 Å². The van der Waals surface area contributed by atoms with Crippen LogP contribution in [0.2, 0.25) is 0 Å². The number of aryl methyl sites for hydroxylation is 1. The number of rotatable bonds is 3. The topological polar surface area (TPSA) is 99.6 Å². The number of nitrogens with one attached hydrogen (secondary N) is 3. The molecule has 0 saturated carbocycles. The van der Waals surface area contributed by atoms with Gasteiger partial charge in [-0.05, 0) is 19.1 Å². The summed E-state index contributed by atoms with van der Waals surface area (Å²) >= 11 is 0. The summed E-state index contributed by atoms with van der Waals surface area (Å²) in [4.78, 5) is 18.0. The lowest BCUT2D eigenvalue weighted by atomic mass is 10.3. The van der Waals surface area contributed by atoms with Gasteiger partial charge in [0.15, 0.2) is 17.3 Å². The molecule has 0 aliphatic carbocycles. The molecule has 7 nitrogen and oxygen atoms in total. The van der Waals surface area contributed by atoms with Gasteiger partial charge < -0.3 is 14.7 Å². The van der Waals surface area contributed by atoms with Crippen LogP contribution in [0.4, 0.5) is 18.9 Å². The van der Waals surface area contributed by atoms with E-state index in [1.54, 1.807) is 0 Å². The largest absolute Gasteiger partial charge is 0.459 e. The second-order valence-corrected chi connectivity index (χ2v) is 4.65. The Kier molecular flexibility index (Phi) is 3.43. The average molecular weight is 325 g/mol. The van der Waals surface area contributed by atoms with E-state index in [1.807, 2.05) is 0 Å². The third-order valence-electron chi connectivity index (χ3n) is 3.02. The first kappa shape index (κ1) is 14.9. The van der Waals surface area contributed by atoms with E-state index < -0.39 is 17.8 Å². The Balaban J connectivity index is 1.91. The number of furan rings is 1.